The Morgan fingerprint density at radius 2 is 2.07 bits per heavy atom. The van der Waals surface area contributed by atoms with E-state index in [1.165, 1.54) is 6.20 Å². The summed E-state index contributed by atoms with van der Waals surface area (Å²) in [4.78, 5) is 39.5. The highest BCUT2D eigenvalue weighted by Crippen LogP contribution is 2.18. The number of ketones is 1. The van der Waals surface area contributed by atoms with Crippen LogP contribution >= 0.6 is 0 Å². The second-order valence-corrected chi connectivity index (χ2v) is 7.40. The minimum atomic E-state index is -0.793. The lowest BCUT2D eigenvalue weighted by Gasteiger charge is -2.23. The SMILES string of the molecule is CC(C)C(C)CC[C@H](NC(=O)Oc1cc[nH]c1)C(=O)N[C@@H]1C(=O)CO[C@H]1C. The van der Waals surface area contributed by atoms with Crippen LogP contribution in [0.25, 0.3) is 0 Å². The van der Waals surface area contributed by atoms with Crippen LogP contribution in [0, 0.1) is 11.8 Å². The smallest absolute Gasteiger partial charge is 0.409 e. The molecule has 2 heterocycles. The first kappa shape index (κ1) is 21.0. The summed E-state index contributed by atoms with van der Waals surface area (Å²) in [6.07, 6.45) is 3.27. The Morgan fingerprint density at radius 1 is 1.33 bits per heavy atom. The minimum absolute atomic E-state index is 0.00980. The normalized spacial score (nSPS) is 21.7. The molecule has 1 saturated heterocycles. The fourth-order valence-electron chi connectivity index (χ4n) is 2.80. The quantitative estimate of drug-likeness (QED) is 0.640. The van der Waals surface area contributed by atoms with E-state index in [1.807, 2.05) is 0 Å². The summed E-state index contributed by atoms with van der Waals surface area (Å²) in [5, 5.41) is 5.32. The highest BCUT2D eigenvalue weighted by Gasteiger charge is 2.35. The van der Waals surface area contributed by atoms with Crippen molar-refractivity contribution in [1.82, 2.24) is 15.6 Å². The fourth-order valence-corrected chi connectivity index (χ4v) is 2.80. The summed E-state index contributed by atoms with van der Waals surface area (Å²) in [6, 6.07) is 0.120. The molecular formula is C19H29N3O5. The van der Waals surface area contributed by atoms with Gasteiger partial charge in [-0.3, -0.25) is 9.59 Å². The number of carbonyl (C=O) groups excluding carboxylic acids is 3. The van der Waals surface area contributed by atoms with Crippen LogP contribution in [0.4, 0.5) is 4.79 Å². The molecular weight excluding hydrogens is 350 g/mol. The molecule has 0 radical (unpaired) electrons. The van der Waals surface area contributed by atoms with Gasteiger partial charge in [-0.25, -0.2) is 4.79 Å². The zero-order valence-electron chi connectivity index (χ0n) is 16.3. The summed E-state index contributed by atoms with van der Waals surface area (Å²) in [5.74, 6) is 0.631. The number of carbonyl (C=O) groups is 3. The topological polar surface area (TPSA) is 110 Å². The Hall–Kier alpha value is -2.35. The predicted molar refractivity (Wildman–Crippen MR) is 99.3 cm³/mol. The Labute approximate surface area is 159 Å². The lowest BCUT2D eigenvalue weighted by Crippen LogP contribution is -2.53. The molecule has 4 atom stereocenters. The number of amides is 2. The van der Waals surface area contributed by atoms with E-state index < -0.39 is 24.1 Å². The standard InChI is InChI=1S/C19H29N3O5/c1-11(2)12(3)5-6-15(21-19(25)27-14-7-8-20-9-14)18(24)22-17-13(4)26-10-16(17)23/h7-9,11-13,15,17,20H,5-6,10H2,1-4H3,(H,21,25)(H,22,24)/t12?,13-,15-,17-/m0/s1. The molecule has 0 bridgehead atoms. The highest BCUT2D eigenvalue weighted by molar-refractivity contribution is 5.94. The van der Waals surface area contributed by atoms with Crippen LogP contribution in [-0.4, -0.2) is 47.6 Å². The van der Waals surface area contributed by atoms with Crippen molar-refractivity contribution in [2.75, 3.05) is 6.61 Å². The number of Topliss-reactive ketones (excluding diaryl/α,β-unsaturated/α-hetero) is 1. The number of hydrogen-bond donors (Lipinski definition) is 3. The van der Waals surface area contributed by atoms with E-state index >= 15 is 0 Å². The highest BCUT2D eigenvalue weighted by atomic mass is 16.6. The lowest BCUT2D eigenvalue weighted by atomic mass is 9.91. The lowest BCUT2D eigenvalue weighted by molar-refractivity contribution is -0.127. The number of H-pyrrole nitrogens is 1. The van der Waals surface area contributed by atoms with Gasteiger partial charge in [0.2, 0.25) is 5.91 Å². The van der Waals surface area contributed by atoms with Gasteiger partial charge in [-0.15, -0.1) is 0 Å². The van der Waals surface area contributed by atoms with Gasteiger partial charge in [-0.2, -0.15) is 0 Å². The van der Waals surface area contributed by atoms with E-state index in [0.29, 0.717) is 24.0 Å². The molecule has 27 heavy (non-hydrogen) atoms. The Kier molecular flexibility index (Phi) is 7.41. The summed E-state index contributed by atoms with van der Waals surface area (Å²) >= 11 is 0. The molecule has 1 aromatic heterocycles. The van der Waals surface area contributed by atoms with Crippen molar-refractivity contribution in [3.63, 3.8) is 0 Å². The maximum absolute atomic E-state index is 12.7. The molecule has 2 rings (SSSR count). The zero-order valence-corrected chi connectivity index (χ0v) is 16.3. The molecule has 150 valence electrons. The average Bonchev–Trinajstić information content (AvgIpc) is 3.23. The van der Waals surface area contributed by atoms with Crippen molar-refractivity contribution in [2.24, 2.45) is 11.8 Å². The predicted octanol–water partition coefficient (Wildman–Crippen LogP) is 2.02. The van der Waals surface area contributed by atoms with E-state index in [9.17, 15) is 14.4 Å². The molecule has 2 amide bonds. The van der Waals surface area contributed by atoms with Crippen molar-refractivity contribution in [1.29, 1.82) is 0 Å². The van der Waals surface area contributed by atoms with E-state index in [1.54, 1.807) is 19.2 Å². The van der Waals surface area contributed by atoms with Crippen LogP contribution in [0.3, 0.4) is 0 Å². The summed E-state index contributed by atoms with van der Waals surface area (Å²) in [7, 11) is 0. The van der Waals surface area contributed by atoms with Gasteiger partial charge in [0.25, 0.3) is 0 Å². The first-order valence-corrected chi connectivity index (χ1v) is 9.33. The van der Waals surface area contributed by atoms with E-state index in [0.717, 1.165) is 6.42 Å². The number of aromatic nitrogens is 1. The molecule has 0 aliphatic carbocycles. The number of rotatable bonds is 8. The molecule has 0 spiro atoms. The van der Waals surface area contributed by atoms with Gasteiger partial charge in [0.15, 0.2) is 5.78 Å². The third-order valence-electron chi connectivity index (χ3n) is 5.04. The first-order chi connectivity index (χ1) is 12.8. The van der Waals surface area contributed by atoms with Crippen molar-refractivity contribution in [3.8, 4) is 5.75 Å². The molecule has 1 aliphatic rings. The van der Waals surface area contributed by atoms with Crippen LogP contribution in [-0.2, 0) is 14.3 Å². The van der Waals surface area contributed by atoms with Gasteiger partial charge in [0.05, 0.1) is 6.10 Å². The molecule has 1 fully saturated rings. The van der Waals surface area contributed by atoms with Crippen molar-refractivity contribution in [2.45, 2.75) is 58.7 Å². The summed E-state index contributed by atoms with van der Waals surface area (Å²) in [5.41, 5.74) is 0. The molecule has 0 aromatic carbocycles. The van der Waals surface area contributed by atoms with E-state index in [4.69, 9.17) is 9.47 Å². The van der Waals surface area contributed by atoms with Gasteiger partial charge in [0, 0.05) is 12.4 Å². The molecule has 0 saturated carbocycles. The number of nitrogens with one attached hydrogen (secondary N) is 3. The monoisotopic (exact) mass is 379 g/mol. The summed E-state index contributed by atoms with van der Waals surface area (Å²) in [6.45, 7) is 8.06. The molecule has 3 N–H and O–H groups in total. The Bertz CT molecular complexity index is 644. The van der Waals surface area contributed by atoms with Crippen LogP contribution in [0.15, 0.2) is 18.5 Å². The van der Waals surface area contributed by atoms with Crippen molar-refractivity contribution < 1.29 is 23.9 Å². The third kappa shape index (κ3) is 6.09. The van der Waals surface area contributed by atoms with Crippen LogP contribution in [0.1, 0.15) is 40.5 Å². The molecule has 1 unspecified atom stereocenters. The number of hydrogen-bond acceptors (Lipinski definition) is 5. The fraction of sp³-hybridized carbons (Fsp3) is 0.632. The van der Waals surface area contributed by atoms with Crippen LogP contribution in [0.2, 0.25) is 0 Å². The minimum Gasteiger partial charge on any atom is -0.409 e. The van der Waals surface area contributed by atoms with Gasteiger partial charge >= 0.3 is 6.09 Å². The molecule has 8 nitrogen and oxygen atoms in total. The number of aromatic amines is 1. The third-order valence-corrected chi connectivity index (χ3v) is 5.04. The second kappa shape index (κ2) is 9.55. The first-order valence-electron chi connectivity index (χ1n) is 9.33. The maximum atomic E-state index is 12.7. The van der Waals surface area contributed by atoms with E-state index in [2.05, 4.69) is 36.4 Å². The van der Waals surface area contributed by atoms with E-state index in [-0.39, 0.29) is 18.5 Å². The average molecular weight is 379 g/mol. The Balaban J connectivity index is 1.99. The second-order valence-electron chi connectivity index (χ2n) is 7.40. The maximum Gasteiger partial charge on any atom is 0.413 e. The summed E-state index contributed by atoms with van der Waals surface area (Å²) < 4.78 is 10.4. The van der Waals surface area contributed by atoms with Crippen LogP contribution in [0.5, 0.6) is 5.75 Å². The Morgan fingerprint density at radius 3 is 2.63 bits per heavy atom. The van der Waals surface area contributed by atoms with Gasteiger partial charge in [-0.05, 0) is 37.7 Å². The molecule has 8 heteroatoms. The van der Waals surface area contributed by atoms with Gasteiger partial charge < -0.3 is 25.1 Å². The van der Waals surface area contributed by atoms with Gasteiger partial charge in [0.1, 0.15) is 24.4 Å². The number of ether oxygens (including phenoxy) is 2. The van der Waals surface area contributed by atoms with Crippen LogP contribution < -0.4 is 15.4 Å². The van der Waals surface area contributed by atoms with Crippen molar-refractivity contribution >= 4 is 17.8 Å². The zero-order chi connectivity index (χ0) is 20.0. The molecule has 1 aliphatic heterocycles. The largest absolute Gasteiger partial charge is 0.413 e. The molecule has 1 aromatic rings. The van der Waals surface area contributed by atoms with Gasteiger partial charge in [-0.1, -0.05) is 20.8 Å². The van der Waals surface area contributed by atoms with Crippen molar-refractivity contribution in [3.05, 3.63) is 18.5 Å².